The fourth-order valence-corrected chi connectivity index (χ4v) is 8.38. The van der Waals surface area contributed by atoms with E-state index >= 15 is 0 Å². The third kappa shape index (κ3) is 3.23. The van der Waals surface area contributed by atoms with E-state index in [1.807, 2.05) is 24.4 Å². The SMILES string of the molecule is CC(COc1ccccn1)[C@H]1CC[C@H]2[C@@H]3CC=C4C[C@@H](O)CC[C@]4(C)[C@H]3CC[C@]12C. The Kier molecular flexibility index (Phi) is 5.24. The van der Waals surface area contributed by atoms with Crippen molar-refractivity contribution in [3.05, 3.63) is 36.0 Å². The van der Waals surface area contributed by atoms with E-state index in [-0.39, 0.29) is 6.10 Å². The molecule has 0 saturated heterocycles. The van der Waals surface area contributed by atoms with Crippen LogP contribution in [-0.2, 0) is 0 Å². The van der Waals surface area contributed by atoms with Crippen LogP contribution >= 0.6 is 0 Å². The van der Waals surface area contributed by atoms with Crippen molar-refractivity contribution in [1.82, 2.24) is 4.98 Å². The van der Waals surface area contributed by atoms with Gasteiger partial charge in [-0.1, -0.05) is 38.5 Å². The Labute approximate surface area is 182 Å². The summed E-state index contributed by atoms with van der Waals surface area (Å²) in [6, 6.07) is 5.90. The summed E-state index contributed by atoms with van der Waals surface area (Å²) in [5.74, 6) is 4.57. The molecule has 3 heteroatoms. The van der Waals surface area contributed by atoms with Gasteiger partial charge in [-0.25, -0.2) is 4.98 Å². The first-order chi connectivity index (χ1) is 14.4. The second-order valence-corrected chi connectivity index (χ2v) is 11.3. The van der Waals surface area contributed by atoms with Gasteiger partial charge in [-0.2, -0.15) is 0 Å². The Balaban J connectivity index is 1.31. The summed E-state index contributed by atoms with van der Waals surface area (Å²) in [7, 11) is 0. The molecule has 1 aromatic heterocycles. The largest absolute Gasteiger partial charge is 0.477 e. The van der Waals surface area contributed by atoms with Gasteiger partial charge in [0.1, 0.15) is 0 Å². The highest BCUT2D eigenvalue weighted by atomic mass is 16.5. The number of ether oxygens (including phenoxy) is 1. The van der Waals surface area contributed by atoms with E-state index in [2.05, 4.69) is 31.8 Å². The molecule has 1 N–H and O–H groups in total. The zero-order valence-corrected chi connectivity index (χ0v) is 19.0. The van der Waals surface area contributed by atoms with Crippen LogP contribution in [0, 0.1) is 40.4 Å². The zero-order valence-electron chi connectivity index (χ0n) is 19.0. The van der Waals surface area contributed by atoms with Crippen LogP contribution in [0.25, 0.3) is 0 Å². The van der Waals surface area contributed by atoms with Gasteiger partial charge in [0.2, 0.25) is 5.88 Å². The van der Waals surface area contributed by atoms with Crippen molar-refractivity contribution in [3.63, 3.8) is 0 Å². The van der Waals surface area contributed by atoms with Crippen LogP contribution in [0.1, 0.15) is 72.1 Å². The molecule has 0 radical (unpaired) electrons. The number of aliphatic hydroxyl groups is 1. The monoisotopic (exact) mass is 409 g/mol. The average molecular weight is 410 g/mol. The lowest BCUT2D eigenvalue weighted by Crippen LogP contribution is -2.51. The molecule has 4 aliphatic rings. The maximum Gasteiger partial charge on any atom is 0.213 e. The first-order valence-corrected chi connectivity index (χ1v) is 12.3. The summed E-state index contributed by atoms with van der Waals surface area (Å²) >= 11 is 0. The summed E-state index contributed by atoms with van der Waals surface area (Å²) in [5.41, 5.74) is 2.37. The minimum absolute atomic E-state index is 0.106. The smallest absolute Gasteiger partial charge is 0.213 e. The van der Waals surface area contributed by atoms with Gasteiger partial charge in [0.15, 0.2) is 0 Å². The first-order valence-electron chi connectivity index (χ1n) is 12.3. The van der Waals surface area contributed by atoms with E-state index in [1.54, 1.807) is 5.57 Å². The number of hydrogen-bond donors (Lipinski definition) is 1. The number of aromatic nitrogens is 1. The summed E-state index contributed by atoms with van der Waals surface area (Å²) in [4.78, 5) is 4.33. The molecule has 0 aliphatic heterocycles. The average Bonchev–Trinajstić information content (AvgIpc) is 3.10. The zero-order chi connectivity index (χ0) is 20.9. The fraction of sp³-hybridized carbons (Fsp3) is 0.741. The highest BCUT2D eigenvalue weighted by Gasteiger charge is 2.59. The molecule has 0 amide bonds. The summed E-state index contributed by atoms with van der Waals surface area (Å²) in [6.45, 7) is 8.31. The normalized spacial score (nSPS) is 43.7. The highest BCUT2D eigenvalue weighted by Crippen LogP contribution is 2.67. The number of allylic oxidation sites excluding steroid dienone is 1. The van der Waals surface area contributed by atoms with E-state index in [9.17, 15) is 5.11 Å². The van der Waals surface area contributed by atoms with Crippen LogP contribution in [0.4, 0.5) is 0 Å². The van der Waals surface area contributed by atoms with Gasteiger partial charge in [-0.3, -0.25) is 0 Å². The highest BCUT2D eigenvalue weighted by molar-refractivity contribution is 5.25. The van der Waals surface area contributed by atoms with Crippen LogP contribution < -0.4 is 4.74 Å². The van der Waals surface area contributed by atoms with Gasteiger partial charge < -0.3 is 9.84 Å². The molecule has 164 valence electrons. The number of rotatable bonds is 4. The standard InChI is InChI=1S/C27H39NO2/c1-18(17-30-25-6-4-5-15-28-25)22-9-10-23-21-8-7-19-16-20(29)11-13-26(19,2)24(21)12-14-27(22,23)3/h4-7,15,18,20-24,29H,8-14,16-17H2,1-3H3/t18?,20-,21-,22+,23-,24-,26-,27+/m0/s1. The summed E-state index contributed by atoms with van der Waals surface area (Å²) in [6.07, 6.45) is 14.1. The maximum atomic E-state index is 10.2. The molecule has 0 spiro atoms. The van der Waals surface area contributed by atoms with Gasteiger partial charge >= 0.3 is 0 Å². The molecule has 3 saturated carbocycles. The van der Waals surface area contributed by atoms with Gasteiger partial charge in [0.25, 0.3) is 0 Å². The Morgan fingerprint density at radius 3 is 2.80 bits per heavy atom. The number of hydrogen-bond acceptors (Lipinski definition) is 3. The molecule has 0 aromatic carbocycles. The predicted octanol–water partition coefficient (Wildman–Crippen LogP) is 6.04. The molecule has 1 unspecified atom stereocenters. The lowest BCUT2D eigenvalue weighted by molar-refractivity contribution is -0.0592. The van der Waals surface area contributed by atoms with Crippen LogP contribution in [-0.4, -0.2) is 22.8 Å². The van der Waals surface area contributed by atoms with Crippen molar-refractivity contribution in [2.24, 2.45) is 40.4 Å². The first kappa shape index (κ1) is 20.5. The molecule has 8 atom stereocenters. The Morgan fingerprint density at radius 2 is 2.00 bits per heavy atom. The number of aliphatic hydroxyl groups excluding tert-OH is 1. The van der Waals surface area contributed by atoms with Crippen molar-refractivity contribution in [2.75, 3.05) is 6.61 Å². The molecule has 0 bridgehead atoms. The second kappa shape index (κ2) is 7.65. The van der Waals surface area contributed by atoms with Crippen LogP contribution in [0.5, 0.6) is 5.88 Å². The number of fused-ring (bicyclic) bond motifs is 5. The van der Waals surface area contributed by atoms with E-state index in [4.69, 9.17) is 4.74 Å². The number of nitrogens with zero attached hydrogens (tertiary/aromatic N) is 1. The number of pyridine rings is 1. The predicted molar refractivity (Wildman–Crippen MR) is 120 cm³/mol. The van der Waals surface area contributed by atoms with Gasteiger partial charge in [0.05, 0.1) is 12.7 Å². The third-order valence-electron chi connectivity index (χ3n) is 9.97. The van der Waals surface area contributed by atoms with E-state index < -0.39 is 0 Å². The lowest BCUT2D eigenvalue weighted by atomic mass is 9.47. The Bertz CT molecular complexity index is 791. The van der Waals surface area contributed by atoms with E-state index in [0.717, 1.165) is 49.0 Å². The van der Waals surface area contributed by atoms with Crippen molar-refractivity contribution in [1.29, 1.82) is 0 Å². The second-order valence-electron chi connectivity index (χ2n) is 11.3. The van der Waals surface area contributed by atoms with Crippen molar-refractivity contribution < 1.29 is 9.84 Å². The summed E-state index contributed by atoms with van der Waals surface area (Å²) < 4.78 is 6.06. The molecule has 3 nitrogen and oxygen atoms in total. The van der Waals surface area contributed by atoms with Gasteiger partial charge in [0, 0.05) is 12.3 Å². The summed E-state index contributed by atoms with van der Waals surface area (Å²) in [5, 5.41) is 10.2. The molecule has 4 aliphatic carbocycles. The quantitative estimate of drug-likeness (QED) is 0.617. The lowest BCUT2D eigenvalue weighted by Gasteiger charge is -2.58. The molecule has 5 rings (SSSR count). The van der Waals surface area contributed by atoms with Crippen molar-refractivity contribution >= 4 is 0 Å². The van der Waals surface area contributed by atoms with Gasteiger partial charge in [-0.15, -0.1) is 0 Å². The van der Waals surface area contributed by atoms with Crippen molar-refractivity contribution in [2.45, 2.75) is 78.2 Å². The third-order valence-corrected chi connectivity index (χ3v) is 9.97. The minimum atomic E-state index is -0.106. The molecule has 30 heavy (non-hydrogen) atoms. The molecule has 1 aromatic rings. The molecular formula is C27H39NO2. The molecular weight excluding hydrogens is 370 g/mol. The van der Waals surface area contributed by atoms with Crippen molar-refractivity contribution in [3.8, 4) is 5.88 Å². The minimum Gasteiger partial charge on any atom is -0.477 e. The molecule has 1 heterocycles. The van der Waals surface area contributed by atoms with Crippen LogP contribution in [0.2, 0.25) is 0 Å². The van der Waals surface area contributed by atoms with Crippen LogP contribution in [0.15, 0.2) is 36.0 Å². The fourth-order valence-electron chi connectivity index (χ4n) is 8.38. The van der Waals surface area contributed by atoms with E-state index in [1.165, 1.54) is 38.5 Å². The maximum absolute atomic E-state index is 10.2. The van der Waals surface area contributed by atoms with Crippen LogP contribution in [0.3, 0.4) is 0 Å². The Hall–Kier alpha value is -1.35. The topological polar surface area (TPSA) is 42.4 Å². The Morgan fingerprint density at radius 1 is 1.13 bits per heavy atom. The molecule has 3 fully saturated rings. The van der Waals surface area contributed by atoms with Gasteiger partial charge in [-0.05, 0) is 97.9 Å². The van der Waals surface area contributed by atoms with E-state index in [0.29, 0.717) is 16.7 Å².